The van der Waals surface area contributed by atoms with Crippen molar-refractivity contribution in [1.82, 2.24) is 9.62 Å². The number of carbonyl (C=O) groups is 1. The lowest BCUT2D eigenvalue weighted by Gasteiger charge is -2.26. The minimum Gasteiger partial charge on any atom is -0.495 e. The van der Waals surface area contributed by atoms with E-state index in [-0.39, 0.29) is 16.6 Å². The third-order valence-electron chi connectivity index (χ3n) is 4.08. The number of ether oxygens (including phenoxy) is 2. The van der Waals surface area contributed by atoms with Gasteiger partial charge in [0.2, 0.25) is 10.0 Å². The fourth-order valence-corrected chi connectivity index (χ4v) is 4.21. The lowest BCUT2D eigenvalue weighted by molar-refractivity contribution is 0.0729. The van der Waals surface area contributed by atoms with Gasteiger partial charge in [0.1, 0.15) is 10.6 Å². The van der Waals surface area contributed by atoms with Gasteiger partial charge in [-0.2, -0.15) is 4.31 Å². The summed E-state index contributed by atoms with van der Waals surface area (Å²) in [5, 5.41) is 2.82. The molecule has 0 spiro atoms. The van der Waals surface area contributed by atoms with Gasteiger partial charge in [0.15, 0.2) is 0 Å². The Hall–Kier alpha value is -1.64. The maximum absolute atomic E-state index is 12.9. The number of nitrogens with one attached hydrogen (secondary N) is 1. The Bertz CT molecular complexity index is 684. The number of rotatable bonds is 8. The molecular formula is C17H26N2O5S. The summed E-state index contributed by atoms with van der Waals surface area (Å²) in [6.45, 7) is 3.97. The molecule has 1 heterocycles. The molecule has 0 saturated carbocycles. The van der Waals surface area contributed by atoms with Crippen molar-refractivity contribution in [2.75, 3.05) is 40.0 Å². The average molecular weight is 370 g/mol. The Labute approximate surface area is 149 Å². The first-order valence-corrected chi connectivity index (χ1v) is 9.99. The zero-order valence-electron chi connectivity index (χ0n) is 14.8. The van der Waals surface area contributed by atoms with E-state index in [1.54, 1.807) is 6.07 Å². The Morgan fingerprint density at radius 2 is 2.00 bits per heavy atom. The zero-order chi connectivity index (χ0) is 18.3. The molecule has 0 radical (unpaired) electrons. The standard InChI is InChI=1S/C17H26N2O5S/c1-3-4-5-8-18-17(20)14-6-7-15(23-2)16(13-14)25(21,22)19-9-11-24-12-10-19/h6-7,13H,3-5,8-12H2,1-2H3,(H,18,20). The van der Waals surface area contributed by atoms with Gasteiger partial charge in [-0.25, -0.2) is 8.42 Å². The van der Waals surface area contributed by atoms with Crippen LogP contribution in [0.4, 0.5) is 0 Å². The fraction of sp³-hybridized carbons (Fsp3) is 0.588. The topological polar surface area (TPSA) is 84.9 Å². The largest absolute Gasteiger partial charge is 0.495 e. The number of hydrogen-bond acceptors (Lipinski definition) is 5. The first-order chi connectivity index (χ1) is 12.0. The number of sulfonamides is 1. The van der Waals surface area contributed by atoms with Crippen LogP contribution in [-0.4, -0.2) is 58.6 Å². The van der Waals surface area contributed by atoms with Gasteiger partial charge in [0.05, 0.1) is 20.3 Å². The summed E-state index contributed by atoms with van der Waals surface area (Å²) in [4.78, 5) is 12.3. The van der Waals surface area contributed by atoms with Gasteiger partial charge in [-0.15, -0.1) is 0 Å². The molecule has 1 aliphatic rings. The van der Waals surface area contributed by atoms with Crippen LogP contribution in [0.2, 0.25) is 0 Å². The second-order valence-electron chi connectivity index (χ2n) is 5.85. The Morgan fingerprint density at radius 1 is 1.28 bits per heavy atom. The molecule has 1 N–H and O–H groups in total. The summed E-state index contributed by atoms with van der Waals surface area (Å²) in [5.74, 6) is -0.0498. The van der Waals surface area contributed by atoms with E-state index in [0.717, 1.165) is 19.3 Å². The molecule has 7 nitrogen and oxygen atoms in total. The molecule has 0 aliphatic carbocycles. The summed E-state index contributed by atoms with van der Waals surface area (Å²) in [5.41, 5.74) is 0.309. The molecule has 2 rings (SSSR count). The van der Waals surface area contributed by atoms with Crippen LogP contribution in [0, 0.1) is 0 Å². The van der Waals surface area contributed by atoms with E-state index >= 15 is 0 Å². The monoisotopic (exact) mass is 370 g/mol. The van der Waals surface area contributed by atoms with E-state index < -0.39 is 10.0 Å². The second kappa shape index (κ2) is 9.17. The quantitative estimate of drug-likeness (QED) is 0.703. The van der Waals surface area contributed by atoms with Crippen molar-refractivity contribution in [3.8, 4) is 5.75 Å². The molecule has 140 valence electrons. The summed E-state index contributed by atoms with van der Waals surface area (Å²) in [6, 6.07) is 4.49. The van der Waals surface area contributed by atoms with Gasteiger partial charge in [-0.05, 0) is 24.6 Å². The molecule has 1 aromatic rings. The molecule has 8 heteroatoms. The number of nitrogens with zero attached hydrogens (tertiary/aromatic N) is 1. The Morgan fingerprint density at radius 3 is 2.64 bits per heavy atom. The third-order valence-corrected chi connectivity index (χ3v) is 6.00. The van der Waals surface area contributed by atoms with Gasteiger partial charge in [-0.3, -0.25) is 4.79 Å². The minimum absolute atomic E-state index is 0.0121. The van der Waals surface area contributed by atoms with Crippen LogP contribution < -0.4 is 10.1 Å². The van der Waals surface area contributed by atoms with Crippen molar-refractivity contribution in [1.29, 1.82) is 0 Å². The first kappa shape index (κ1) is 19.7. The summed E-state index contributed by atoms with van der Waals surface area (Å²) in [6.07, 6.45) is 3.01. The number of benzene rings is 1. The van der Waals surface area contributed by atoms with Crippen LogP contribution in [0.5, 0.6) is 5.75 Å². The lowest BCUT2D eigenvalue weighted by Crippen LogP contribution is -2.40. The van der Waals surface area contributed by atoms with E-state index in [2.05, 4.69) is 12.2 Å². The molecule has 1 aliphatic heterocycles. The molecule has 1 saturated heterocycles. The van der Waals surface area contributed by atoms with Gasteiger partial charge in [0, 0.05) is 25.2 Å². The van der Waals surface area contributed by atoms with E-state index in [0.29, 0.717) is 38.4 Å². The summed E-state index contributed by atoms with van der Waals surface area (Å²) < 4.78 is 37.6. The number of carbonyl (C=O) groups excluding carboxylic acids is 1. The predicted molar refractivity (Wildman–Crippen MR) is 94.4 cm³/mol. The van der Waals surface area contributed by atoms with Crippen molar-refractivity contribution in [2.24, 2.45) is 0 Å². The number of unbranched alkanes of at least 4 members (excludes halogenated alkanes) is 2. The van der Waals surface area contributed by atoms with Crippen LogP contribution in [0.1, 0.15) is 36.5 Å². The van der Waals surface area contributed by atoms with Gasteiger partial charge in [0.25, 0.3) is 5.91 Å². The average Bonchev–Trinajstić information content (AvgIpc) is 2.65. The van der Waals surface area contributed by atoms with Crippen molar-refractivity contribution in [3.63, 3.8) is 0 Å². The number of methoxy groups -OCH3 is 1. The molecule has 1 amide bonds. The van der Waals surface area contributed by atoms with Crippen LogP contribution in [0.3, 0.4) is 0 Å². The van der Waals surface area contributed by atoms with E-state index in [1.165, 1.54) is 23.5 Å². The van der Waals surface area contributed by atoms with Crippen LogP contribution in [0.15, 0.2) is 23.1 Å². The van der Waals surface area contributed by atoms with Crippen LogP contribution in [0.25, 0.3) is 0 Å². The highest BCUT2D eigenvalue weighted by Gasteiger charge is 2.30. The molecule has 0 atom stereocenters. The zero-order valence-corrected chi connectivity index (χ0v) is 15.6. The molecule has 1 aromatic carbocycles. The number of morpholine rings is 1. The van der Waals surface area contributed by atoms with Gasteiger partial charge >= 0.3 is 0 Å². The summed E-state index contributed by atoms with van der Waals surface area (Å²) >= 11 is 0. The van der Waals surface area contributed by atoms with E-state index in [4.69, 9.17) is 9.47 Å². The maximum Gasteiger partial charge on any atom is 0.251 e. The third kappa shape index (κ3) is 4.93. The SMILES string of the molecule is CCCCCNC(=O)c1ccc(OC)c(S(=O)(=O)N2CCOCC2)c1. The van der Waals surface area contributed by atoms with E-state index in [9.17, 15) is 13.2 Å². The number of amides is 1. The smallest absolute Gasteiger partial charge is 0.251 e. The van der Waals surface area contributed by atoms with Crippen molar-refractivity contribution < 1.29 is 22.7 Å². The van der Waals surface area contributed by atoms with E-state index in [1.807, 2.05) is 0 Å². The Balaban J connectivity index is 2.23. The van der Waals surface area contributed by atoms with Gasteiger partial charge in [-0.1, -0.05) is 19.8 Å². The molecule has 25 heavy (non-hydrogen) atoms. The van der Waals surface area contributed by atoms with Crippen LogP contribution >= 0.6 is 0 Å². The Kier molecular flexibility index (Phi) is 7.22. The van der Waals surface area contributed by atoms with Crippen molar-refractivity contribution in [3.05, 3.63) is 23.8 Å². The van der Waals surface area contributed by atoms with Crippen molar-refractivity contribution >= 4 is 15.9 Å². The number of hydrogen-bond donors (Lipinski definition) is 1. The van der Waals surface area contributed by atoms with Crippen LogP contribution in [-0.2, 0) is 14.8 Å². The molecule has 0 bridgehead atoms. The normalized spacial score (nSPS) is 15.8. The highest BCUT2D eigenvalue weighted by molar-refractivity contribution is 7.89. The summed E-state index contributed by atoms with van der Waals surface area (Å²) in [7, 11) is -2.33. The lowest BCUT2D eigenvalue weighted by atomic mass is 10.2. The molecule has 1 fully saturated rings. The highest BCUT2D eigenvalue weighted by atomic mass is 32.2. The minimum atomic E-state index is -3.74. The molecule has 0 unspecified atom stereocenters. The van der Waals surface area contributed by atoms with Crippen molar-refractivity contribution in [2.45, 2.75) is 31.1 Å². The first-order valence-electron chi connectivity index (χ1n) is 8.55. The van der Waals surface area contributed by atoms with Gasteiger partial charge < -0.3 is 14.8 Å². The molecule has 0 aromatic heterocycles. The fourth-order valence-electron chi connectivity index (χ4n) is 2.62. The highest BCUT2D eigenvalue weighted by Crippen LogP contribution is 2.28. The maximum atomic E-state index is 12.9. The molecular weight excluding hydrogens is 344 g/mol. The second-order valence-corrected chi connectivity index (χ2v) is 7.75. The predicted octanol–water partition coefficient (Wildman–Crippen LogP) is 1.64.